The zero-order valence-corrected chi connectivity index (χ0v) is 14.0. The third-order valence-electron chi connectivity index (χ3n) is 3.91. The molecule has 1 aromatic rings. The Bertz CT molecular complexity index is 857. The number of pyridine rings is 1. The second-order valence-electron chi connectivity index (χ2n) is 5.58. The molecule has 8 nitrogen and oxygen atoms in total. The molecule has 2 aliphatic rings. The molecule has 0 aromatic carbocycles. The van der Waals surface area contributed by atoms with E-state index in [1.54, 1.807) is 0 Å². The zero-order valence-electron chi connectivity index (χ0n) is 13.2. The van der Waals surface area contributed by atoms with Crippen LogP contribution in [0, 0.1) is 5.92 Å². The largest absolute Gasteiger partial charge is 0.417 e. The summed E-state index contributed by atoms with van der Waals surface area (Å²) in [6.45, 7) is 1.17. The van der Waals surface area contributed by atoms with Gasteiger partial charge in [0.05, 0.1) is 10.6 Å². The molecule has 2 amide bonds. The van der Waals surface area contributed by atoms with Crippen molar-refractivity contribution in [2.24, 2.45) is 11.1 Å². The average Bonchev–Trinajstić information content (AvgIpc) is 3.07. The Morgan fingerprint density at radius 2 is 2.00 bits per heavy atom. The normalized spacial score (nSPS) is 22.2. The Hall–Kier alpha value is -2.69. The third-order valence-corrected chi connectivity index (χ3v) is 4.18. The van der Waals surface area contributed by atoms with Gasteiger partial charge in [0.15, 0.2) is 11.6 Å². The molecule has 2 atom stereocenters. The van der Waals surface area contributed by atoms with E-state index in [1.165, 1.54) is 14.0 Å². The fourth-order valence-corrected chi connectivity index (χ4v) is 2.96. The van der Waals surface area contributed by atoms with Gasteiger partial charge in [-0.05, 0) is 6.07 Å². The maximum atomic E-state index is 12.7. The molecule has 1 fully saturated rings. The fraction of sp³-hybridized carbons (Fsp3) is 0.357. The van der Waals surface area contributed by atoms with E-state index >= 15 is 0 Å². The van der Waals surface area contributed by atoms with E-state index < -0.39 is 46.4 Å². The number of fused-ring (bicyclic) bond motifs is 1. The van der Waals surface area contributed by atoms with Crippen LogP contribution in [-0.2, 0) is 25.4 Å². The Labute approximate surface area is 149 Å². The Morgan fingerprint density at radius 1 is 1.35 bits per heavy atom. The van der Waals surface area contributed by atoms with Gasteiger partial charge in [-0.3, -0.25) is 19.4 Å². The van der Waals surface area contributed by atoms with E-state index in [-0.39, 0.29) is 11.5 Å². The third kappa shape index (κ3) is 2.68. The number of oxime groups is 1. The van der Waals surface area contributed by atoms with Crippen molar-refractivity contribution in [3.8, 4) is 0 Å². The predicted molar refractivity (Wildman–Crippen MR) is 81.0 cm³/mol. The summed E-state index contributed by atoms with van der Waals surface area (Å²) in [7, 11) is 1.23. The first-order valence-electron chi connectivity index (χ1n) is 7.13. The molecule has 3 heterocycles. The van der Waals surface area contributed by atoms with Gasteiger partial charge in [0, 0.05) is 20.2 Å². The smallest absolute Gasteiger partial charge is 0.381 e. The molecule has 3 rings (SSSR count). The van der Waals surface area contributed by atoms with Crippen LogP contribution in [0.15, 0.2) is 17.4 Å². The number of nitrogens with zero attached hydrogens (tertiary/aromatic N) is 4. The van der Waals surface area contributed by atoms with Crippen LogP contribution in [0.25, 0.3) is 0 Å². The number of ketones is 1. The minimum absolute atomic E-state index is 0.198. The van der Waals surface area contributed by atoms with E-state index in [0.717, 1.165) is 5.01 Å². The highest BCUT2D eigenvalue weighted by atomic mass is 35.5. The lowest BCUT2D eigenvalue weighted by molar-refractivity contribution is -0.143. The van der Waals surface area contributed by atoms with E-state index in [4.69, 9.17) is 16.4 Å². The number of Topliss-reactive ketones (excluding diaryl/α,β-unsaturated/α-hetero) is 1. The van der Waals surface area contributed by atoms with Gasteiger partial charge in [-0.2, -0.15) is 18.2 Å². The molecule has 0 aliphatic carbocycles. The van der Waals surface area contributed by atoms with Gasteiger partial charge in [0.1, 0.15) is 11.6 Å². The summed E-state index contributed by atoms with van der Waals surface area (Å²) in [5, 5.41) is 4.57. The lowest BCUT2D eigenvalue weighted by atomic mass is 9.97. The van der Waals surface area contributed by atoms with Gasteiger partial charge >= 0.3 is 6.18 Å². The van der Waals surface area contributed by atoms with Gasteiger partial charge in [0.25, 0.3) is 11.8 Å². The van der Waals surface area contributed by atoms with Gasteiger partial charge < -0.3 is 4.84 Å². The van der Waals surface area contributed by atoms with Crippen LogP contribution in [0.4, 0.5) is 19.0 Å². The highest BCUT2D eigenvalue weighted by Gasteiger charge is 2.58. The number of hydrazine groups is 1. The minimum atomic E-state index is -4.65. The van der Waals surface area contributed by atoms with Crippen LogP contribution >= 0.6 is 11.6 Å². The number of imide groups is 1. The van der Waals surface area contributed by atoms with Crippen LogP contribution in [0.1, 0.15) is 12.5 Å². The SMILES string of the molecule is CC(=O)C1=NO[C@@H]2C(=O)N(N(C)c3ncc(C(F)(F)F)cc3Cl)C(=O)[C@H]12. The molecule has 0 radical (unpaired) electrons. The number of halogens is 4. The molecular weight excluding hydrogens is 381 g/mol. The summed E-state index contributed by atoms with van der Waals surface area (Å²) in [5.41, 5.74) is -1.28. The number of carbonyl (C=O) groups is 3. The predicted octanol–water partition coefficient (Wildman–Crippen LogP) is 1.43. The molecule has 0 saturated carbocycles. The van der Waals surface area contributed by atoms with Crippen LogP contribution in [-0.4, -0.2) is 46.5 Å². The summed E-state index contributed by atoms with van der Waals surface area (Å²) in [4.78, 5) is 45.0. The molecule has 12 heteroatoms. The maximum absolute atomic E-state index is 12.7. The molecular formula is C14H10ClF3N4O4. The summed E-state index contributed by atoms with van der Waals surface area (Å²) < 4.78 is 38.1. The Balaban J connectivity index is 1.93. The van der Waals surface area contributed by atoms with Crippen LogP contribution in [0.2, 0.25) is 5.02 Å². The van der Waals surface area contributed by atoms with Crippen molar-refractivity contribution in [1.82, 2.24) is 9.99 Å². The number of hydrogen-bond donors (Lipinski definition) is 0. The topological polar surface area (TPSA) is 92.2 Å². The van der Waals surface area contributed by atoms with Crippen molar-refractivity contribution in [2.45, 2.75) is 19.2 Å². The molecule has 2 aliphatic heterocycles. The number of hydrogen-bond acceptors (Lipinski definition) is 7. The molecule has 138 valence electrons. The standard InChI is InChI=1S/C14H10ClF3N4O4/c1-5(23)9-8-10(26-20-9)13(25)22(12(8)24)21(2)11-7(15)3-6(4-19-11)14(16,17)18/h3-4,8,10H,1-2H3/t8-,10+/m1/s1. The molecule has 0 spiro atoms. The lowest BCUT2D eigenvalue weighted by Crippen LogP contribution is -2.46. The lowest BCUT2D eigenvalue weighted by Gasteiger charge is -2.28. The first kappa shape index (κ1) is 18.1. The molecule has 26 heavy (non-hydrogen) atoms. The molecule has 1 aromatic heterocycles. The van der Waals surface area contributed by atoms with Crippen molar-refractivity contribution in [1.29, 1.82) is 0 Å². The van der Waals surface area contributed by atoms with Crippen LogP contribution < -0.4 is 5.01 Å². The number of alkyl halides is 3. The van der Waals surface area contributed by atoms with Gasteiger partial charge in [-0.15, -0.1) is 0 Å². The van der Waals surface area contributed by atoms with Gasteiger partial charge in [-0.25, -0.2) is 4.98 Å². The van der Waals surface area contributed by atoms with Crippen LogP contribution in [0.3, 0.4) is 0 Å². The zero-order chi connectivity index (χ0) is 19.4. The summed E-state index contributed by atoms with van der Waals surface area (Å²) >= 11 is 5.84. The second kappa shape index (κ2) is 5.94. The minimum Gasteiger partial charge on any atom is -0.381 e. The maximum Gasteiger partial charge on any atom is 0.417 e. The van der Waals surface area contributed by atoms with Crippen molar-refractivity contribution in [3.05, 3.63) is 22.8 Å². The molecule has 0 N–H and O–H groups in total. The van der Waals surface area contributed by atoms with Gasteiger partial charge in [-0.1, -0.05) is 16.8 Å². The van der Waals surface area contributed by atoms with E-state index in [2.05, 4.69) is 10.1 Å². The second-order valence-corrected chi connectivity index (χ2v) is 5.98. The molecule has 0 bridgehead atoms. The fourth-order valence-electron chi connectivity index (χ4n) is 2.67. The van der Waals surface area contributed by atoms with Crippen molar-refractivity contribution < 1.29 is 32.4 Å². The van der Waals surface area contributed by atoms with Crippen LogP contribution in [0.5, 0.6) is 0 Å². The van der Waals surface area contributed by atoms with Crippen molar-refractivity contribution in [2.75, 3.05) is 12.1 Å². The number of anilines is 1. The number of aromatic nitrogens is 1. The summed E-state index contributed by atoms with van der Waals surface area (Å²) in [6.07, 6.45) is -5.43. The Morgan fingerprint density at radius 3 is 2.54 bits per heavy atom. The van der Waals surface area contributed by atoms with Crippen molar-refractivity contribution in [3.63, 3.8) is 0 Å². The number of amides is 2. The quantitative estimate of drug-likeness (QED) is 0.725. The van der Waals surface area contributed by atoms with E-state index in [0.29, 0.717) is 17.3 Å². The van der Waals surface area contributed by atoms with E-state index in [1.807, 2.05) is 0 Å². The number of rotatable bonds is 3. The molecule has 0 unspecified atom stereocenters. The van der Waals surface area contributed by atoms with Crippen molar-refractivity contribution >= 4 is 40.7 Å². The first-order valence-corrected chi connectivity index (χ1v) is 7.50. The highest BCUT2D eigenvalue weighted by molar-refractivity contribution is 6.45. The Kier molecular flexibility index (Phi) is 4.14. The highest BCUT2D eigenvalue weighted by Crippen LogP contribution is 2.36. The molecule has 1 saturated heterocycles. The summed E-state index contributed by atoms with van der Waals surface area (Å²) in [5.74, 6) is -3.64. The van der Waals surface area contributed by atoms with Gasteiger partial charge in [0.2, 0.25) is 6.10 Å². The average molecular weight is 391 g/mol. The first-order chi connectivity index (χ1) is 12.0. The monoisotopic (exact) mass is 390 g/mol. The summed E-state index contributed by atoms with van der Waals surface area (Å²) in [6, 6.07) is 0.630. The van der Waals surface area contributed by atoms with E-state index in [9.17, 15) is 27.6 Å². The number of carbonyl (C=O) groups excluding carboxylic acids is 3.